The molecule has 0 aromatic heterocycles. The summed E-state index contributed by atoms with van der Waals surface area (Å²) in [4.78, 5) is 13.3. The second kappa shape index (κ2) is 7.60. The maximum atomic E-state index is 11.1. The van der Waals surface area contributed by atoms with E-state index in [4.69, 9.17) is 5.11 Å². The quantitative estimate of drug-likeness (QED) is 0.846. The molecule has 110 valence electrons. The molecule has 0 aliphatic heterocycles. The molecular formula is C18H21NO2. The molecule has 1 N–H and O–H groups in total. The number of benzene rings is 2. The molecule has 0 radical (unpaired) electrons. The minimum Gasteiger partial charge on any atom is -0.481 e. The van der Waals surface area contributed by atoms with Crippen LogP contribution in [0, 0.1) is 5.92 Å². The second-order valence-electron chi connectivity index (χ2n) is 5.38. The summed E-state index contributed by atoms with van der Waals surface area (Å²) in [5.74, 6) is -1.13. The number of hydrogen-bond donors (Lipinski definition) is 1. The van der Waals surface area contributed by atoms with Crippen LogP contribution in [0.3, 0.4) is 0 Å². The summed E-state index contributed by atoms with van der Waals surface area (Å²) in [6, 6.07) is 20.3. The van der Waals surface area contributed by atoms with Crippen LogP contribution in [-0.4, -0.2) is 22.5 Å². The molecule has 0 saturated heterocycles. The van der Waals surface area contributed by atoms with Crippen molar-refractivity contribution >= 4 is 5.97 Å². The van der Waals surface area contributed by atoms with Gasteiger partial charge in [0.05, 0.1) is 5.92 Å². The first kappa shape index (κ1) is 15.3. The fraction of sp³-hybridized carbons (Fsp3) is 0.278. The van der Waals surface area contributed by atoms with Crippen LogP contribution < -0.4 is 0 Å². The fourth-order valence-electron chi connectivity index (χ4n) is 2.33. The van der Waals surface area contributed by atoms with Crippen LogP contribution in [0.1, 0.15) is 18.1 Å². The Morgan fingerprint density at radius 3 is 1.76 bits per heavy atom. The van der Waals surface area contributed by atoms with Gasteiger partial charge in [0.25, 0.3) is 0 Å². The lowest BCUT2D eigenvalue weighted by molar-refractivity contribution is -0.141. The summed E-state index contributed by atoms with van der Waals surface area (Å²) >= 11 is 0. The molecule has 3 nitrogen and oxygen atoms in total. The van der Waals surface area contributed by atoms with Crippen LogP contribution in [0.25, 0.3) is 0 Å². The van der Waals surface area contributed by atoms with Gasteiger partial charge in [0.1, 0.15) is 0 Å². The maximum absolute atomic E-state index is 11.1. The van der Waals surface area contributed by atoms with Gasteiger partial charge in [-0.25, -0.2) is 0 Å². The molecule has 2 aromatic rings. The van der Waals surface area contributed by atoms with Crippen LogP contribution in [-0.2, 0) is 17.9 Å². The highest BCUT2D eigenvalue weighted by Gasteiger charge is 2.16. The molecule has 2 rings (SSSR count). The molecule has 0 fully saturated rings. The Morgan fingerprint density at radius 2 is 1.38 bits per heavy atom. The monoisotopic (exact) mass is 283 g/mol. The SMILES string of the molecule is CC(CN(Cc1ccccc1)Cc1ccccc1)C(=O)O. The number of aliphatic carboxylic acids is 1. The van der Waals surface area contributed by atoms with Crippen LogP contribution in [0.15, 0.2) is 60.7 Å². The highest BCUT2D eigenvalue weighted by Crippen LogP contribution is 2.12. The van der Waals surface area contributed by atoms with E-state index in [0.717, 1.165) is 13.1 Å². The topological polar surface area (TPSA) is 40.5 Å². The van der Waals surface area contributed by atoms with Gasteiger partial charge < -0.3 is 5.11 Å². The average Bonchev–Trinajstić information content (AvgIpc) is 2.49. The first-order valence-corrected chi connectivity index (χ1v) is 7.18. The lowest BCUT2D eigenvalue weighted by Gasteiger charge is -2.24. The molecule has 0 aliphatic rings. The normalized spacial score (nSPS) is 12.3. The minimum atomic E-state index is -0.749. The van der Waals surface area contributed by atoms with Gasteiger partial charge in [-0.3, -0.25) is 9.69 Å². The van der Waals surface area contributed by atoms with E-state index in [9.17, 15) is 4.79 Å². The number of nitrogens with zero attached hydrogens (tertiary/aromatic N) is 1. The van der Waals surface area contributed by atoms with Crippen molar-refractivity contribution in [3.63, 3.8) is 0 Å². The fourth-order valence-corrected chi connectivity index (χ4v) is 2.33. The van der Waals surface area contributed by atoms with Gasteiger partial charge in [0.2, 0.25) is 0 Å². The smallest absolute Gasteiger partial charge is 0.307 e. The van der Waals surface area contributed by atoms with E-state index < -0.39 is 5.97 Å². The zero-order chi connectivity index (χ0) is 15.1. The molecule has 21 heavy (non-hydrogen) atoms. The summed E-state index contributed by atoms with van der Waals surface area (Å²) in [5, 5.41) is 9.14. The molecule has 3 heteroatoms. The van der Waals surface area contributed by atoms with Gasteiger partial charge in [0, 0.05) is 19.6 Å². The van der Waals surface area contributed by atoms with Crippen molar-refractivity contribution in [2.75, 3.05) is 6.54 Å². The predicted octanol–water partition coefficient (Wildman–Crippen LogP) is 3.41. The van der Waals surface area contributed by atoms with E-state index in [2.05, 4.69) is 29.2 Å². The molecule has 0 bridgehead atoms. The van der Waals surface area contributed by atoms with Gasteiger partial charge in [-0.1, -0.05) is 67.6 Å². The first-order valence-electron chi connectivity index (χ1n) is 7.18. The van der Waals surface area contributed by atoms with E-state index in [-0.39, 0.29) is 5.92 Å². The molecule has 1 atom stereocenters. The minimum absolute atomic E-state index is 0.377. The van der Waals surface area contributed by atoms with Gasteiger partial charge in [-0.2, -0.15) is 0 Å². The second-order valence-corrected chi connectivity index (χ2v) is 5.38. The van der Waals surface area contributed by atoms with Gasteiger partial charge in [-0.05, 0) is 11.1 Å². The summed E-state index contributed by atoms with van der Waals surface area (Å²) in [6.07, 6.45) is 0. The van der Waals surface area contributed by atoms with Crippen molar-refractivity contribution < 1.29 is 9.90 Å². The van der Waals surface area contributed by atoms with Gasteiger partial charge in [-0.15, -0.1) is 0 Å². The standard InChI is InChI=1S/C18H21NO2/c1-15(18(20)21)12-19(13-16-8-4-2-5-9-16)14-17-10-6-3-7-11-17/h2-11,15H,12-14H2,1H3,(H,20,21). The summed E-state index contributed by atoms with van der Waals surface area (Å²) in [5.41, 5.74) is 2.40. The van der Waals surface area contributed by atoms with Crippen LogP contribution in [0.2, 0.25) is 0 Å². The molecule has 0 spiro atoms. The summed E-state index contributed by atoms with van der Waals surface area (Å²) in [7, 11) is 0. The van der Waals surface area contributed by atoms with E-state index in [1.807, 2.05) is 36.4 Å². The Labute approximate surface area is 125 Å². The van der Waals surface area contributed by atoms with Crippen molar-refractivity contribution in [2.45, 2.75) is 20.0 Å². The number of carbonyl (C=O) groups is 1. The molecule has 0 heterocycles. The molecule has 1 unspecified atom stereocenters. The van der Waals surface area contributed by atoms with Crippen molar-refractivity contribution in [2.24, 2.45) is 5.92 Å². The highest BCUT2D eigenvalue weighted by atomic mass is 16.4. The van der Waals surface area contributed by atoms with Crippen LogP contribution in [0.5, 0.6) is 0 Å². The highest BCUT2D eigenvalue weighted by molar-refractivity contribution is 5.69. The van der Waals surface area contributed by atoms with E-state index in [1.165, 1.54) is 11.1 Å². The van der Waals surface area contributed by atoms with Crippen LogP contribution >= 0.6 is 0 Å². The van der Waals surface area contributed by atoms with Gasteiger partial charge in [0.15, 0.2) is 0 Å². The Balaban J connectivity index is 2.08. The van der Waals surface area contributed by atoms with E-state index in [0.29, 0.717) is 6.54 Å². The Hall–Kier alpha value is -2.13. The van der Waals surface area contributed by atoms with Crippen molar-refractivity contribution in [1.29, 1.82) is 0 Å². The average molecular weight is 283 g/mol. The summed E-state index contributed by atoms with van der Waals surface area (Å²) in [6.45, 7) is 3.81. The van der Waals surface area contributed by atoms with Gasteiger partial charge >= 0.3 is 5.97 Å². The zero-order valence-corrected chi connectivity index (χ0v) is 12.3. The van der Waals surface area contributed by atoms with E-state index in [1.54, 1.807) is 6.92 Å². The Kier molecular flexibility index (Phi) is 5.52. The lowest BCUT2D eigenvalue weighted by Crippen LogP contribution is -2.31. The third-order valence-electron chi connectivity index (χ3n) is 3.45. The Bertz CT molecular complexity index is 512. The number of rotatable bonds is 7. The predicted molar refractivity (Wildman–Crippen MR) is 83.8 cm³/mol. The molecule has 0 aliphatic carbocycles. The first-order chi connectivity index (χ1) is 10.1. The third-order valence-corrected chi connectivity index (χ3v) is 3.45. The summed E-state index contributed by atoms with van der Waals surface area (Å²) < 4.78 is 0. The third kappa shape index (κ3) is 5.04. The van der Waals surface area contributed by atoms with E-state index >= 15 is 0 Å². The number of carboxylic acids is 1. The van der Waals surface area contributed by atoms with Crippen molar-refractivity contribution in [3.8, 4) is 0 Å². The van der Waals surface area contributed by atoms with Crippen LogP contribution in [0.4, 0.5) is 0 Å². The molecule has 0 amide bonds. The molecule has 2 aromatic carbocycles. The van der Waals surface area contributed by atoms with Crippen molar-refractivity contribution in [3.05, 3.63) is 71.8 Å². The zero-order valence-electron chi connectivity index (χ0n) is 12.3. The largest absolute Gasteiger partial charge is 0.481 e. The Morgan fingerprint density at radius 1 is 0.952 bits per heavy atom. The molecular weight excluding hydrogens is 262 g/mol. The maximum Gasteiger partial charge on any atom is 0.307 e. The lowest BCUT2D eigenvalue weighted by atomic mass is 10.1. The number of carboxylic acid groups (broad SMARTS) is 1. The molecule has 0 saturated carbocycles. The van der Waals surface area contributed by atoms with Crippen molar-refractivity contribution in [1.82, 2.24) is 4.90 Å². The number of hydrogen-bond acceptors (Lipinski definition) is 2.